The summed E-state index contributed by atoms with van der Waals surface area (Å²) >= 11 is 0. The van der Waals surface area contributed by atoms with Gasteiger partial charge in [-0.2, -0.15) is 5.26 Å². The summed E-state index contributed by atoms with van der Waals surface area (Å²) in [6, 6.07) is 6.68. The third-order valence-corrected chi connectivity index (χ3v) is 1.78. The van der Waals surface area contributed by atoms with Gasteiger partial charge in [-0.3, -0.25) is 9.59 Å². The first-order valence-corrected chi connectivity index (χ1v) is 4.70. The summed E-state index contributed by atoms with van der Waals surface area (Å²) in [5.74, 6) is -1.85. The lowest BCUT2D eigenvalue weighted by molar-refractivity contribution is -0.140. The van der Waals surface area contributed by atoms with Crippen LogP contribution in [0.4, 0.5) is 4.39 Å². The molecule has 0 atom stereocenters. The lowest BCUT2D eigenvalue weighted by Gasteiger charge is -2.04. The maximum absolute atomic E-state index is 12.8. The van der Waals surface area contributed by atoms with Crippen molar-refractivity contribution < 1.29 is 18.7 Å². The molecule has 0 unspecified atom stereocenters. The summed E-state index contributed by atoms with van der Waals surface area (Å²) in [6.45, 7) is -0.730. The van der Waals surface area contributed by atoms with Crippen LogP contribution in [0.15, 0.2) is 24.3 Å². The molecule has 0 saturated heterocycles. The van der Waals surface area contributed by atoms with Crippen LogP contribution in [0.5, 0.6) is 0 Å². The summed E-state index contributed by atoms with van der Waals surface area (Å²) in [7, 11) is 0. The van der Waals surface area contributed by atoms with E-state index in [1.165, 1.54) is 18.2 Å². The SMILES string of the molecule is N#CCOC(=O)CNC(=O)c1cccc(F)c1. The van der Waals surface area contributed by atoms with E-state index < -0.39 is 17.7 Å². The second kappa shape index (κ2) is 6.23. The smallest absolute Gasteiger partial charge is 0.326 e. The average Bonchev–Trinajstić information content (AvgIpc) is 2.33. The molecule has 1 amide bonds. The van der Waals surface area contributed by atoms with Crippen molar-refractivity contribution in [2.75, 3.05) is 13.2 Å². The first kappa shape index (κ1) is 12.6. The van der Waals surface area contributed by atoms with E-state index in [0.717, 1.165) is 6.07 Å². The summed E-state index contributed by atoms with van der Waals surface area (Å²) < 4.78 is 17.2. The van der Waals surface area contributed by atoms with Gasteiger partial charge in [0.25, 0.3) is 5.91 Å². The number of rotatable bonds is 4. The number of halogens is 1. The van der Waals surface area contributed by atoms with Crippen molar-refractivity contribution >= 4 is 11.9 Å². The summed E-state index contributed by atoms with van der Waals surface area (Å²) in [4.78, 5) is 22.4. The zero-order chi connectivity index (χ0) is 12.7. The summed E-state index contributed by atoms with van der Waals surface area (Å²) in [5, 5.41) is 10.4. The van der Waals surface area contributed by atoms with Crippen LogP contribution in [-0.4, -0.2) is 25.0 Å². The number of hydrogen-bond donors (Lipinski definition) is 1. The fourth-order valence-electron chi connectivity index (χ4n) is 1.05. The highest BCUT2D eigenvalue weighted by Crippen LogP contribution is 2.02. The van der Waals surface area contributed by atoms with Crippen molar-refractivity contribution in [1.82, 2.24) is 5.32 Å². The second-order valence-electron chi connectivity index (χ2n) is 3.01. The van der Waals surface area contributed by atoms with Crippen LogP contribution >= 0.6 is 0 Å². The minimum Gasteiger partial charge on any atom is -0.449 e. The molecule has 0 fully saturated rings. The van der Waals surface area contributed by atoms with E-state index in [0.29, 0.717) is 0 Å². The molecule has 1 aromatic rings. The lowest BCUT2D eigenvalue weighted by atomic mass is 10.2. The Labute approximate surface area is 96.8 Å². The number of nitriles is 1. The number of amides is 1. The topological polar surface area (TPSA) is 79.2 Å². The molecule has 6 heteroatoms. The largest absolute Gasteiger partial charge is 0.449 e. The van der Waals surface area contributed by atoms with Crippen molar-refractivity contribution in [3.8, 4) is 6.07 Å². The molecule has 1 rings (SSSR count). The molecular formula is C11H9FN2O3. The molecule has 0 aliphatic carbocycles. The van der Waals surface area contributed by atoms with E-state index in [-0.39, 0.29) is 18.7 Å². The van der Waals surface area contributed by atoms with E-state index in [1.807, 2.05) is 0 Å². The third-order valence-electron chi connectivity index (χ3n) is 1.78. The predicted octanol–water partition coefficient (Wildman–Crippen LogP) is 0.622. The van der Waals surface area contributed by atoms with Gasteiger partial charge in [0, 0.05) is 5.56 Å². The van der Waals surface area contributed by atoms with Crippen molar-refractivity contribution in [3.05, 3.63) is 35.6 Å². The number of nitrogens with one attached hydrogen (secondary N) is 1. The van der Waals surface area contributed by atoms with Crippen molar-refractivity contribution in [1.29, 1.82) is 5.26 Å². The minimum atomic E-state index is -0.726. The number of carbonyl (C=O) groups is 2. The fourth-order valence-corrected chi connectivity index (χ4v) is 1.05. The maximum atomic E-state index is 12.8. The van der Waals surface area contributed by atoms with Crippen LogP contribution in [-0.2, 0) is 9.53 Å². The van der Waals surface area contributed by atoms with Crippen LogP contribution in [0.25, 0.3) is 0 Å². The zero-order valence-corrected chi connectivity index (χ0v) is 8.77. The van der Waals surface area contributed by atoms with Gasteiger partial charge in [-0.15, -0.1) is 0 Å². The molecule has 1 aromatic carbocycles. The van der Waals surface area contributed by atoms with Gasteiger partial charge in [0.2, 0.25) is 0 Å². The number of benzene rings is 1. The standard InChI is InChI=1S/C11H9FN2O3/c12-9-3-1-2-8(6-9)11(16)14-7-10(15)17-5-4-13/h1-3,6H,5,7H2,(H,14,16). The van der Waals surface area contributed by atoms with Gasteiger partial charge < -0.3 is 10.1 Å². The van der Waals surface area contributed by atoms with Crippen LogP contribution < -0.4 is 5.32 Å². The summed E-state index contributed by atoms with van der Waals surface area (Å²) in [6.07, 6.45) is 0. The Bertz CT molecular complexity index is 468. The molecule has 0 spiro atoms. The molecule has 0 aliphatic heterocycles. The predicted molar refractivity (Wildman–Crippen MR) is 55.3 cm³/mol. The van der Waals surface area contributed by atoms with Gasteiger partial charge in [0.15, 0.2) is 6.61 Å². The number of esters is 1. The Hall–Kier alpha value is -2.42. The van der Waals surface area contributed by atoms with Crippen LogP contribution in [0, 0.1) is 17.1 Å². The first-order chi connectivity index (χ1) is 8.13. The van der Waals surface area contributed by atoms with Gasteiger partial charge in [-0.05, 0) is 18.2 Å². The van der Waals surface area contributed by atoms with Gasteiger partial charge >= 0.3 is 5.97 Å². The molecule has 0 bridgehead atoms. The molecular weight excluding hydrogens is 227 g/mol. The number of nitrogens with zero attached hydrogens (tertiary/aromatic N) is 1. The fraction of sp³-hybridized carbons (Fsp3) is 0.182. The van der Waals surface area contributed by atoms with E-state index >= 15 is 0 Å². The van der Waals surface area contributed by atoms with Gasteiger partial charge in [-0.1, -0.05) is 6.07 Å². The minimum absolute atomic E-state index is 0.109. The number of carbonyl (C=O) groups excluding carboxylic acids is 2. The Kier molecular flexibility index (Phi) is 4.63. The molecule has 0 aromatic heterocycles. The highest BCUT2D eigenvalue weighted by atomic mass is 19.1. The third kappa shape index (κ3) is 4.30. The molecule has 0 heterocycles. The maximum Gasteiger partial charge on any atom is 0.326 e. The highest BCUT2D eigenvalue weighted by molar-refractivity contribution is 5.95. The first-order valence-electron chi connectivity index (χ1n) is 4.70. The normalized spacial score (nSPS) is 9.18. The van der Waals surface area contributed by atoms with Crippen LogP contribution in [0.2, 0.25) is 0 Å². The Morgan fingerprint density at radius 2 is 2.24 bits per heavy atom. The summed E-state index contributed by atoms with van der Waals surface area (Å²) in [5.41, 5.74) is 0.109. The molecule has 1 N–H and O–H groups in total. The van der Waals surface area contributed by atoms with E-state index in [2.05, 4.69) is 10.1 Å². The average molecular weight is 236 g/mol. The molecule has 5 nitrogen and oxygen atoms in total. The Morgan fingerprint density at radius 3 is 2.88 bits per heavy atom. The lowest BCUT2D eigenvalue weighted by Crippen LogP contribution is -2.30. The second-order valence-corrected chi connectivity index (χ2v) is 3.01. The van der Waals surface area contributed by atoms with Gasteiger partial charge in [0.05, 0.1) is 0 Å². The Balaban J connectivity index is 2.45. The molecule has 0 aliphatic rings. The number of hydrogen-bond acceptors (Lipinski definition) is 4. The monoisotopic (exact) mass is 236 g/mol. The van der Waals surface area contributed by atoms with Crippen molar-refractivity contribution in [2.24, 2.45) is 0 Å². The van der Waals surface area contributed by atoms with Gasteiger partial charge in [-0.25, -0.2) is 4.39 Å². The van der Waals surface area contributed by atoms with Crippen molar-refractivity contribution in [3.63, 3.8) is 0 Å². The highest BCUT2D eigenvalue weighted by Gasteiger charge is 2.09. The van der Waals surface area contributed by atoms with E-state index in [1.54, 1.807) is 6.07 Å². The molecule has 0 radical (unpaired) electrons. The van der Waals surface area contributed by atoms with E-state index in [4.69, 9.17) is 5.26 Å². The molecule has 88 valence electrons. The Morgan fingerprint density at radius 1 is 1.47 bits per heavy atom. The molecule has 17 heavy (non-hydrogen) atoms. The van der Waals surface area contributed by atoms with Crippen LogP contribution in [0.1, 0.15) is 10.4 Å². The number of ether oxygens (including phenoxy) is 1. The zero-order valence-electron chi connectivity index (χ0n) is 8.77. The quantitative estimate of drug-likeness (QED) is 0.777. The van der Waals surface area contributed by atoms with E-state index in [9.17, 15) is 14.0 Å². The molecule has 0 saturated carbocycles. The van der Waals surface area contributed by atoms with Crippen molar-refractivity contribution in [2.45, 2.75) is 0 Å². The van der Waals surface area contributed by atoms with Crippen LogP contribution in [0.3, 0.4) is 0 Å². The van der Waals surface area contributed by atoms with Gasteiger partial charge in [0.1, 0.15) is 18.4 Å².